The van der Waals surface area contributed by atoms with Gasteiger partial charge in [0.15, 0.2) is 0 Å². The molecule has 1 aromatic heterocycles. The van der Waals surface area contributed by atoms with Crippen LogP contribution in [0.1, 0.15) is 0 Å². The first-order valence-corrected chi connectivity index (χ1v) is 1.41. The molecular formula is C3H4N2. The molecule has 0 aromatic carbocycles. The second kappa shape index (κ2) is 0.885. The summed E-state index contributed by atoms with van der Waals surface area (Å²) in [6.45, 7) is 0. The molecule has 5 heavy (non-hydrogen) atoms. The van der Waals surface area contributed by atoms with Crippen LogP contribution in [0.15, 0.2) is 12.3 Å². The van der Waals surface area contributed by atoms with E-state index in [1.807, 2.05) is 0 Å². The lowest BCUT2D eigenvalue weighted by Crippen LogP contribution is -1.95. The van der Waals surface area contributed by atoms with Crippen molar-refractivity contribution in [3.05, 3.63) is 18.5 Å². The van der Waals surface area contributed by atoms with Gasteiger partial charge in [-0.1, -0.05) is 0 Å². The van der Waals surface area contributed by atoms with Gasteiger partial charge in [0.25, 0.3) is 0 Å². The van der Waals surface area contributed by atoms with E-state index in [-0.39, 0.29) is 0 Å². The fraction of sp³-hybridized carbons (Fsp3) is 0. The number of hydrogen-bond donors (Lipinski definition) is 1. The normalized spacial score (nSPS) is 8.00. The van der Waals surface area contributed by atoms with Crippen molar-refractivity contribution in [1.82, 2.24) is 5.10 Å². The van der Waals surface area contributed by atoms with Gasteiger partial charge >= 0.3 is 0 Å². The van der Waals surface area contributed by atoms with Gasteiger partial charge in [0, 0.05) is 6.20 Å². The van der Waals surface area contributed by atoms with Crippen molar-refractivity contribution in [3.63, 3.8) is 0 Å². The highest BCUT2D eigenvalue weighted by atomic mass is 15.1. The Bertz CT molecular complexity index is 61.4. The van der Waals surface area contributed by atoms with Gasteiger partial charge in [-0.25, -0.2) is 5.10 Å². The van der Waals surface area contributed by atoms with Gasteiger partial charge in [0.1, 0.15) is 0 Å². The number of rotatable bonds is 0. The molecule has 0 aliphatic rings. The fourth-order valence-electron chi connectivity index (χ4n) is 0.208. The molecule has 1 aromatic rings. The fourth-order valence-corrected chi connectivity index (χ4v) is 0.208. The van der Waals surface area contributed by atoms with Crippen molar-refractivity contribution in [2.45, 2.75) is 0 Å². The van der Waals surface area contributed by atoms with E-state index in [0.717, 1.165) is 0 Å². The standard InChI is InChI=1S/C3H3N2/c1-2-4-5-3-1/h1-2H,(H,4,5)/q-1/p+1. The lowest BCUT2D eigenvalue weighted by molar-refractivity contribution is -0.449. The first-order chi connectivity index (χ1) is 2.50. The maximum absolute atomic E-state index is 2.68. The van der Waals surface area contributed by atoms with Gasteiger partial charge < -0.3 is 0 Å². The van der Waals surface area contributed by atoms with Crippen LogP contribution in [0.5, 0.6) is 0 Å². The molecule has 2 nitrogen and oxygen atoms in total. The van der Waals surface area contributed by atoms with Gasteiger partial charge in [-0.05, 0) is 0 Å². The van der Waals surface area contributed by atoms with Crippen LogP contribution in [0.25, 0.3) is 0 Å². The van der Waals surface area contributed by atoms with Gasteiger partial charge in [-0.3, -0.25) is 5.10 Å². The summed E-state index contributed by atoms with van der Waals surface area (Å²) in [4.78, 5) is 0. The molecule has 0 bridgehead atoms. The Morgan fingerprint density at radius 2 is 2.80 bits per heavy atom. The van der Waals surface area contributed by atoms with E-state index in [1.54, 1.807) is 12.3 Å². The summed E-state index contributed by atoms with van der Waals surface area (Å²) in [5, 5.41) is 5.29. The van der Waals surface area contributed by atoms with Crippen LogP contribution in [0.4, 0.5) is 0 Å². The van der Waals surface area contributed by atoms with E-state index in [2.05, 4.69) is 16.4 Å². The molecule has 0 radical (unpaired) electrons. The van der Waals surface area contributed by atoms with Crippen molar-refractivity contribution < 1.29 is 5.10 Å². The molecule has 0 aliphatic carbocycles. The zero-order valence-electron chi connectivity index (χ0n) is 2.65. The molecule has 0 saturated heterocycles. The molecule has 0 aliphatic heterocycles. The third-order valence-corrected chi connectivity index (χ3v) is 0.394. The smallest absolute Gasteiger partial charge is 0.0476 e. The SMILES string of the molecule is [c-]1cc[nH+][nH]1. The average molecular weight is 68.1 g/mol. The van der Waals surface area contributed by atoms with Crippen molar-refractivity contribution in [3.8, 4) is 0 Å². The van der Waals surface area contributed by atoms with E-state index in [4.69, 9.17) is 0 Å². The monoisotopic (exact) mass is 68.0 g/mol. The van der Waals surface area contributed by atoms with Gasteiger partial charge in [0.2, 0.25) is 0 Å². The highest BCUT2D eigenvalue weighted by Gasteiger charge is 1.50. The van der Waals surface area contributed by atoms with Crippen molar-refractivity contribution in [2.24, 2.45) is 0 Å². The molecule has 0 unspecified atom stereocenters. The maximum atomic E-state index is 2.68. The molecular weight excluding hydrogens is 64.0 g/mol. The highest BCUT2D eigenvalue weighted by molar-refractivity contribution is 4.62. The Morgan fingerprint density at radius 3 is 3.00 bits per heavy atom. The molecule has 1 rings (SSSR count). The Hall–Kier alpha value is -0.790. The van der Waals surface area contributed by atoms with Crippen LogP contribution in [-0.2, 0) is 0 Å². The summed E-state index contributed by atoms with van der Waals surface area (Å²) in [5.74, 6) is 0. The zero-order chi connectivity index (χ0) is 3.54. The zero-order valence-corrected chi connectivity index (χ0v) is 2.65. The molecule has 0 atom stereocenters. The summed E-state index contributed by atoms with van der Waals surface area (Å²) in [6.07, 6.45) is 4.44. The molecule has 2 heteroatoms. The second-order valence-electron chi connectivity index (χ2n) is 0.747. The van der Waals surface area contributed by atoms with E-state index >= 15 is 0 Å². The Labute approximate surface area is 29.8 Å². The molecule has 0 spiro atoms. The molecule has 0 saturated carbocycles. The van der Waals surface area contributed by atoms with Crippen molar-refractivity contribution in [2.75, 3.05) is 0 Å². The lowest BCUT2D eigenvalue weighted by Gasteiger charge is -1.53. The van der Waals surface area contributed by atoms with Crippen LogP contribution < -0.4 is 5.10 Å². The molecule has 0 amide bonds. The van der Waals surface area contributed by atoms with Crippen molar-refractivity contribution in [1.29, 1.82) is 0 Å². The third kappa shape index (κ3) is 0.265. The topological polar surface area (TPSA) is 29.9 Å². The van der Waals surface area contributed by atoms with E-state index in [0.29, 0.717) is 0 Å². The minimum absolute atomic E-state index is 1.76. The number of H-pyrrole nitrogens is 2. The first-order valence-electron chi connectivity index (χ1n) is 1.41. The number of hydrogen-bond acceptors (Lipinski definition) is 0. The van der Waals surface area contributed by atoms with Gasteiger partial charge in [0.05, 0.1) is 0 Å². The van der Waals surface area contributed by atoms with Gasteiger partial charge in [-0.2, -0.15) is 0 Å². The van der Waals surface area contributed by atoms with Crippen LogP contribution in [0.3, 0.4) is 0 Å². The second-order valence-corrected chi connectivity index (χ2v) is 0.747. The molecule has 0 fully saturated rings. The molecule has 1 heterocycles. The minimum Gasteiger partial charge on any atom is -0.276 e. The maximum Gasteiger partial charge on any atom is 0.0476 e. The predicted molar refractivity (Wildman–Crippen MR) is 16.2 cm³/mol. The van der Waals surface area contributed by atoms with E-state index in [9.17, 15) is 0 Å². The van der Waals surface area contributed by atoms with Crippen molar-refractivity contribution >= 4 is 0 Å². The van der Waals surface area contributed by atoms with Crippen LogP contribution in [-0.4, -0.2) is 5.10 Å². The summed E-state index contributed by atoms with van der Waals surface area (Å²) in [5.41, 5.74) is 0. The average Bonchev–Trinajstić information content (AvgIpc) is 1.76. The van der Waals surface area contributed by atoms with E-state index < -0.39 is 0 Å². The largest absolute Gasteiger partial charge is 0.276 e. The summed E-state index contributed by atoms with van der Waals surface area (Å²) < 4.78 is 0. The van der Waals surface area contributed by atoms with Crippen LogP contribution in [0, 0.1) is 6.20 Å². The van der Waals surface area contributed by atoms with E-state index in [1.165, 1.54) is 0 Å². The number of aromatic nitrogens is 2. The first kappa shape index (κ1) is 2.45. The molecule has 2 N–H and O–H groups in total. The molecule has 26 valence electrons. The summed E-state index contributed by atoms with van der Waals surface area (Å²) in [6, 6.07) is 1.76. The van der Waals surface area contributed by atoms with Crippen LogP contribution >= 0.6 is 0 Å². The Morgan fingerprint density at radius 1 is 1.80 bits per heavy atom. The summed E-state index contributed by atoms with van der Waals surface area (Å²) >= 11 is 0. The number of aromatic amines is 2. The number of nitrogens with one attached hydrogen (secondary N) is 2. The quantitative estimate of drug-likeness (QED) is 0.402. The predicted octanol–water partition coefficient (Wildman–Crippen LogP) is -0.371. The Balaban J connectivity index is 3.13. The lowest BCUT2D eigenvalue weighted by atomic mass is 10.8. The van der Waals surface area contributed by atoms with Gasteiger partial charge in [-0.15, -0.1) is 12.3 Å². The third-order valence-electron chi connectivity index (χ3n) is 0.394. The highest BCUT2D eigenvalue weighted by Crippen LogP contribution is 1.55. The van der Waals surface area contributed by atoms with Crippen LogP contribution in [0.2, 0.25) is 0 Å². The Kier molecular flexibility index (Phi) is 0.433. The summed E-state index contributed by atoms with van der Waals surface area (Å²) in [7, 11) is 0. The minimum atomic E-state index is 1.76.